The molecule has 0 spiro atoms. The van der Waals surface area contributed by atoms with Gasteiger partial charge in [0.1, 0.15) is 0 Å². The second kappa shape index (κ2) is 13.7. The Labute approximate surface area is 151 Å². The first-order valence-electron chi connectivity index (χ1n) is 6.30. The van der Waals surface area contributed by atoms with Crippen molar-refractivity contribution in [1.82, 2.24) is 0 Å². The summed E-state index contributed by atoms with van der Waals surface area (Å²) < 4.78 is 39.2. The van der Waals surface area contributed by atoms with E-state index in [-0.39, 0.29) is 17.3 Å². The van der Waals surface area contributed by atoms with Crippen LogP contribution < -0.4 is 11.5 Å². The summed E-state index contributed by atoms with van der Waals surface area (Å²) in [5, 5.41) is 6.90. The van der Waals surface area contributed by atoms with E-state index in [0.717, 1.165) is 0 Å². The van der Waals surface area contributed by atoms with Crippen molar-refractivity contribution >= 4 is 43.7 Å². The van der Waals surface area contributed by atoms with Crippen molar-refractivity contribution in [2.24, 2.45) is 21.7 Å². The third kappa shape index (κ3) is 11.1. The Bertz CT molecular complexity index is 526. The van der Waals surface area contributed by atoms with Crippen molar-refractivity contribution in [3.8, 4) is 0 Å². The molecule has 12 nitrogen and oxygen atoms in total. The van der Waals surface area contributed by atoms with Gasteiger partial charge in [0, 0.05) is 33.4 Å². The summed E-state index contributed by atoms with van der Waals surface area (Å²) in [6.45, 7) is 0. The molecular formula is C8H18N8O4S4. The second-order valence-corrected chi connectivity index (χ2v) is 8.92. The van der Waals surface area contributed by atoms with Crippen molar-refractivity contribution in [1.29, 1.82) is 0 Å². The lowest BCUT2D eigenvalue weighted by Crippen LogP contribution is -2.40. The van der Waals surface area contributed by atoms with Crippen molar-refractivity contribution in [2.45, 2.75) is 24.2 Å². The highest BCUT2D eigenvalue weighted by atomic mass is 33.1. The van der Waals surface area contributed by atoms with Crippen molar-refractivity contribution in [2.75, 3.05) is 23.0 Å². The van der Waals surface area contributed by atoms with Gasteiger partial charge >= 0.3 is 0 Å². The normalized spacial score (nSPS) is 18.3. The van der Waals surface area contributed by atoms with Crippen LogP contribution in [-0.2, 0) is 22.2 Å². The van der Waals surface area contributed by atoms with Crippen LogP contribution in [0.5, 0.6) is 0 Å². The molecular weight excluding hydrogens is 400 g/mol. The van der Waals surface area contributed by atoms with Crippen molar-refractivity contribution in [3.63, 3.8) is 0 Å². The van der Waals surface area contributed by atoms with Crippen LogP contribution >= 0.6 is 21.6 Å². The molecule has 0 saturated carbocycles. The number of rotatable bonds is 13. The molecule has 24 heavy (non-hydrogen) atoms. The number of nitrogens with zero attached hydrogens (tertiary/aromatic N) is 6. The van der Waals surface area contributed by atoms with Crippen LogP contribution in [-0.4, -0.2) is 64.7 Å². The zero-order valence-corrected chi connectivity index (χ0v) is 15.6. The SMILES string of the molecule is [N-]=[N+]=N[C@@H](CS(=O)O)[C@@H](N)CSSC[C@H](N=[N+]=[N-])[C@@H](N)CS(=O)O. The Morgan fingerprint density at radius 1 is 0.917 bits per heavy atom. The molecule has 6 atom stereocenters. The molecule has 0 amide bonds. The van der Waals surface area contributed by atoms with Gasteiger partial charge in [-0.25, -0.2) is 8.42 Å². The molecule has 0 aromatic rings. The minimum absolute atomic E-state index is 0.213. The molecule has 0 rings (SSSR count). The highest BCUT2D eigenvalue weighted by Crippen LogP contribution is 2.25. The average Bonchev–Trinajstić information content (AvgIpc) is 2.48. The topological polar surface area (TPSA) is 224 Å². The summed E-state index contributed by atoms with van der Waals surface area (Å²) in [5.74, 6) is 0.133. The highest BCUT2D eigenvalue weighted by Gasteiger charge is 2.21. The predicted octanol–water partition coefficient (Wildman–Crippen LogP) is 0.824. The van der Waals surface area contributed by atoms with Crippen LogP contribution in [0.3, 0.4) is 0 Å². The van der Waals surface area contributed by atoms with E-state index in [2.05, 4.69) is 20.1 Å². The van der Waals surface area contributed by atoms with Crippen molar-refractivity contribution < 1.29 is 17.5 Å². The number of azide groups is 2. The Kier molecular flexibility index (Phi) is 13.4. The fourth-order valence-electron chi connectivity index (χ4n) is 1.40. The van der Waals surface area contributed by atoms with E-state index in [1.807, 2.05) is 0 Å². The summed E-state index contributed by atoms with van der Waals surface area (Å²) in [5.41, 5.74) is 28.5. The van der Waals surface area contributed by atoms with Gasteiger partial charge in [-0.15, -0.1) is 0 Å². The van der Waals surface area contributed by atoms with Gasteiger partial charge in [0.25, 0.3) is 0 Å². The van der Waals surface area contributed by atoms with E-state index in [9.17, 15) is 8.42 Å². The van der Waals surface area contributed by atoms with Gasteiger partial charge in [-0.2, -0.15) is 0 Å². The van der Waals surface area contributed by atoms with Crippen LogP contribution in [0.4, 0.5) is 0 Å². The molecule has 0 aliphatic heterocycles. The van der Waals surface area contributed by atoms with Crippen LogP contribution in [0, 0.1) is 0 Å². The molecule has 16 heteroatoms. The van der Waals surface area contributed by atoms with Gasteiger partial charge in [-0.3, -0.25) is 0 Å². The molecule has 0 heterocycles. The van der Waals surface area contributed by atoms with E-state index < -0.39 is 46.3 Å². The average molecular weight is 419 g/mol. The molecule has 0 fully saturated rings. The molecule has 6 N–H and O–H groups in total. The predicted molar refractivity (Wildman–Crippen MR) is 98.0 cm³/mol. The molecule has 0 radical (unpaired) electrons. The maximum Gasteiger partial charge on any atom is 0.154 e. The van der Waals surface area contributed by atoms with Gasteiger partial charge in [-0.1, -0.05) is 31.8 Å². The van der Waals surface area contributed by atoms with E-state index in [4.69, 9.17) is 31.6 Å². The maximum atomic E-state index is 10.8. The molecule has 0 aliphatic rings. The molecule has 0 saturated heterocycles. The first-order chi connectivity index (χ1) is 11.3. The fourth-order valence-corrected chi connectivity index (χ4v) is 5.04. The van der Waals surface area contributed by atoms with Crippen LogP contribution in [0.15, 0.2) is 10.2 Å². The van der Waals surface area contributed by atoms with Crippen LogP contribution in [0.25, 0.3) is 20.9 Å². The lowest BCUT2D eigenvalue weighted by Gasteiger charge is -2.19. The summed E-state index contributed by atoms with van der Waals surface area (Å²) in [4.78, 5) is 5.26. The van der Waals surface area contributed by atoms with Crippen LogP contribution in [0.1, 0.15) is 0 Å². The number of nitrogens with two attached hydrogens (primary N) is 2. The smallest absolute Gasteiger partial charge is 0.154 e. The van der Waals surface area contributed by atoms with E-state index in [1.54, 1.807) is 0 Å². The Morgan fingerprint density at radius 2 is 1.42 bits per heavy atom. The van der Waals surface area contributed by atoms with E-state index in [1.165, 1.54) is 21.6 Å². The Hall–Kier alpha value is -0.540. The molecule has 0 aromatic heterocycles. The van der Waals surface area contributed by atoms with Gasteiger partial charge in [0.15, 0.2) is 22.2 Å². The van der Waals surface area contributed by atoms with Crippen molar-refractivity contribution in [3.05, 3.63) is 20.9 Å². The molecule has 2 unspecified atom stereocenters. The number of hydrogen-bond acceptors (Lipinski definition) is 8. The summed E-state index contributed by atoms with van der Waals surface area (Å²) >= 11 is -4.22. The highest BCUT2D eigenvalue weighted by molar-refractivity contribution is 8.76. The van der Waals surface area contributed by atoms with Crippen LogP contribution in [0.2, 0.25) is 0 Å². The molecule has 0 aliphatic carbocycles. The Morgan fingerprint density at radius 3 is 1.92 bits per heavy atom. The van der Waals surface area contributed by atoms with Gasteiger partial charge in [0.05, 0.1) is 23.6 Å². The minimum atomic E-state index is -2.13. The number of hydrogen-bond donors (Lipinski definition) is 4. The zero-order valence-electron chi connectivity index (χ0n) is 12.3. The monoisotopic (exact) mass is 418 g/mol. The lowest BCUT2D eigenvalue weighted by atomic mass is 10.2. The summed E-state index contributed by atoms with van der Waals surface area (Å²) in [6, 6.07) is -2.88. The fraction of sp³-hybridized carbons (Fsp3) is 1.00. The largest absolute Gasteiger partial charge is 0.327 e. The third-order valence-corrected chi connectivity index (χ3v) is 6.40. The third-order valence-electron chi connectivity index (χ3n) is 2.62. The van der Waals surface area contributed by atoms with E-state index in [0.29, 0.717) is 5.75 Å². The molecule has 138 valence electrons. The standard InChI is InChI=1S/C8H18N8O4S4/c9-5(8(14-16-12)4-24(19)20)1-21-22-2-7(13-15-11)6(10)3-23(17)18/h5-8H,1-4,9-10H2,(H,17,18)(H,19,20)/t5-,6-,7-,8-/m0/s1. The molecule has 0 bridgehead atoms. The van der Waals surface area contributed by atoms with E-state index >= 15 is 0 Å². The quantitative estimate of drug-likeness (QED) is 0.0833. The zero-order chi connectivity index (χ0) is 18.5. The van der Waals surface area contributed by atoms with Gasteiger partial charge in [-0.05, 0) is 11.1 Å². The Balaban J connectivity index is 4.40. The first-order valence-corrected chi connectivity index (χ1v) is 11.3. The maximum absolute atomic E-state index is 10.8. The van der Waals surface area contributed by atoms with Gasteiger partial charge < -0.3 is 20.6 Å². The van der Waals surface area contributed by atoms with Gasteiger partial charge in [0.2, 0.25) is 0 Å². The second-order valence-electron chi connectivity index (χ2n) is 4.42. The minimum Gasteiger partial charge on any atom is -0.327 e. The summed E-state index contributed by atoms with van der Waals surface area (Å²) in [7, 11) is 2.56. The first kappa shape index (κ1) is 23.5. The molecule has 0 aromatic carbocycles. The summed E-state index contributed by atoms with van der Waals surface area (Å²) in [6.07, 6.45) is 0. The lowest BCUT2D eigenvalue weighted by molar-refractivity contribution is 0.539.